The molecule has 3 aliphatic rings. The molecule has 2 fully saturated rings. The summed E-state index contributed by atoms with van der Waals surface area (Å²) in [5.74, 6) is 0.790. The lowest BCUT2D eigenvalue weighted by Gasteiger charge is -2.38. The average Bonchev–Trinajstić information content (AvgIpc) is 3.62. The van der Waals surface area contributed by atoms with Crippen molar-refractivity contribution in [2.75, 3.05) is 44.2 Å². The molecule has 182 valence electrons. The number of nitrogens with zero attached hydrogens (tertiary/aromatic N) is 4. The molecule has 2 aromatic rings. The predicted octanol–water partition coefficient (Wildman–Crippen LogP) is 3.24. The third-order valence-corrected chi connectivity index (χ3v) is 7.60. The van der Waals surface area contributed by atoms with Gasteiger partial charge >= 0.3 is 0 Å². The van der Waals surface area contributed by atoms with Gasteiger partial charge in [0.2, 0.25) is 5.91 Å². The Morgan fingerprint density at radius 1 is 1.26 bits per heavy atom. The van der Waals surface area contributed by atoms with Crippen molar-refractivity contribution in [1.29, 1.82) is 0 Å². The van der Waals surface area contributed by atoms with Crippen molar-refractivity contribution < 1.29 is 14.3 Å². The second-order valence-corrected chi connectivity index (χ2v) is 10.2. The molecular weight excluding hydrogens is 457 g/mol. The molecule has 0 bridgehead atoms. The van der Waals surface area contributed by atoms with Crippen molar-refractivity contribution >= 4 is 23.3 Å². The van der Waals surface area contributed by atoms with Crippen LogP contribution in [0.3, 0.4) is 0 Å². The standard InChI is InChI=1S/C25H31ClFN5O2/c1-15-10-21(33)23-22(15)24(30-14-29-23)31-6-8-32(9-7-31)25(34)18(13-28-12-16-2-3-16)17-4-5-19(26)20(27)11-17/h4-5,11,14-16,18,21,28,33H,2-3,6-10,12-13H2,1H3/t15-,18?,21+/m1/s1. The molecule has 0 radical (unpaired) electrons. The molecule has 1 saturated heterocycles. The molecule has 2 heterocycles. The molecule has 0 spiro atoms. The van der Waals surface area contributed by atoms with Crippen LogP contribution in [0.5, 0.6) is 0 Å². The maximum absolute atomic E-state index is 14.2. The van der Waals surface area contributed by atoms with Crippen molar-refractivity contribution in [1.82, 2.24) is 20.2 Å². The number of aliphatic hydroxyl groups is 1. The monoisotopic (exact) mass is 487 g/mol. The number of amides is 1. The number of halogens is 2. The molecule has 9 heteroatoms. The average molecular weight is 488 g/mol. The molecule has 1 aromatic heterocycles. The van der Waals surface area contributed by atoms with E-state index >= 15 is 0 Å². The summed E-state index contributed by atoms with van der Waals surface area (Å²) in [6.45, 7) is 5.87. The van der Waals surface area contributed by atoms with Gasteiger partial charge in [-0.2, -0.15) is 0 Å². The van der Waals surface area contributed by atoms with E-state index in [0.29, 0.717) is 50.6 Å². The SMILES string of the molecule is C[C@@H]1C[C@H](O)c2ncnc(N3CCN(C(=O)C(CNCC4CC4)c4ccc(Cl)c(F)c4)CC3)c21. The highest BCUT2D eigenvalue weighted by Crippen LogP contribution is 2.42. The largest absolute Gasteiger partial charge is 0.387 e. The lowest BCUT2D eigenvalue weighted by Crippen LogP contribution is -2.51. The normalized spacial score (nSPS) is 23.2. The lowest BCUT2D eigenvalue weighted by atomic mass is 9.96. The van der Waals surface area contributed by atoms with E-state index in [0.717, 1.165) is 23.6 Å². The van der Waals surface area contributed by atoms with Crippen LogP contribution in [0, 0.1) is 11.7 Å². The van der Waals surface area contributed by atoms with Gasteiger partial charge < -0.3 is 20.2 Å². The van der Waals surface area contributed by atoms with E-state index in [4.69, 9.17) is 11.6 Å². The minimum Gasteiger partial charge on any atom is -0.387 e. The molecule has 3 atom stereocenters. The van der Waals surface area contributed by atoms with E-state index in [1.165, 1.54) is 31.3 Å². The third kappa shape index (κ3) is 4.76. The summed E-state index contributed by atoms with van der Waals surface area (Å²) in [5, 5.41) is 13.8. The van der Waals surface area contributed by atoms with Gasteiger partial charge in [0.05, 0.1) is 22.7 Å². The molecule has 1 saturated carbocycles. The van der Waals surface area contributed by atoms with Crippen molar-refractivity contribution in [3.63, 3.8) is 0 Å². The van der Waals surface area contributed by atoms with Crippen LogP contribution >= 0.6 is 11.6 Å². The van der Waals surface area contributed by atoms with Crippen LogP contribution in [0.1, 0.15) is 60.9 Å². The Labute approximate surface area is 204 Å². The number of rotatable bonds is 7. The molecule has 1 aliphatic heterocycles. The van der Waals surface area contributed by atoms with E-state index in [1.807, 2.05) is 4.90 Å². The Kier molecular flexibility index (Phi) is 6.73. The fraction of sp³-hybridized carbons (Fsp3) is 0.560. The Morgan fingerprint density at radius 3 is 2.74 bits per heavy atom. The highest BCUT2D eigenvalue weighted by molar-refractivity contribution is 6.30. The first-order chi connectivity index (χ1) is 16.4. The van der Waals surface area contributed by atoms with Crippen LogP contribution < -0.4 is 10.2 Å². The van der Waals surface area contributed by atoms with Crippen molar-refractivity contribution in [2.24, 2.45) is 5.92 Å². The van der Waals surface area contributed by atoms with Crippen LogP contribution in [-0.2, 0) is 4.79 Å². The van der Waals surface area contributed by atoms with Gasteiger partial charge in [0.15, 0.2) is 0 Å². The van der Waals surface area contributed by atoms with E-state index in [2.05, 4.69) is 27.1 Å². The van der Waals surface area contributed by atoms with E-state index < -0.39 is 17.8 Å². The van der Waals surface area contributed by atoms with Gasteiger partial charge in [0.1, 0.15) is 18.0 Å². The Bertz CT molecular complexity index is 1060. The first-order valence-corrected chi connectivity index (χ1v) is 12.5. The number of nitrogens with one attached hydrogen (secondary N) is 1. The fourth-order valence-corrected chi connectivity index (χ4v) is 5.26. The van der Waals surface area contributed by atoms with Gasteiger partial charge in [-0.15, -0.1) is 0 Å². The van der Waals surface area contributed by atoms with Crippen molar-refractivity contribution in [2.45, 2.75) is 44.1 Å². The number of carbonyl (C=O) groups excluding carboxylic acids is 1. The number of carbonyl (C=O) groups is 1. The van der Waals surface area contributed by atoms with Gasteiger partial charge in [-0.1, -0.05) is 24.6 Å². The van der Waals surface area contributed by atoms with E-state index in [1.54, 1.807) is 6.07 Å². The van der Waals surface area contributed by atoms with E-state index in [-0.39, 0.29) is 16.8 Å². The zero-order valence-electron chi connectivity index (χ0n) is 19.4. The molecule has 5 rings (SSSR count). The number of hydrogen-bond donors (Lipinski definition) is 2. The smallest absolute Gasteiger partial charge is 0.231 e. The maximum atomic E-state index is 14.2. The van der Waals surface area contributed by atoms with Gasteiger partial charge in [0, 0.05) is 38.3 Å². The third-order valence-electron chi connectivity index (χ3n) is 7.29. The van der Waals surface area contributed by atoms with E-state index in [9.17, 15) is 14.3 Å². The maximum Gasteiger partial charge on any atom is 0.231 e. The minimum atomic E-state index is -0.543. The molecule has 7 nitrogen and oxygen atoms in total. The summed E-state index contributed by atoms with van der Waals surface area (Å²) in [7, 11) is 0. The Morgan fingerprint density at radius 2 is 2.03 bits per heavy atom. The van der Waals surface area contributed by atoms with Crippen molar-refractivity contribution in [3.8, 4) is 0 Å². The van der Waals surface area contributed by atoms with Crippen LogP contribution in [0.15, 0.2) is 24.5 Å². The number of aromatic nitrogens is 2. The fourth-order valence-electron chi connectivity index (χ4n) is 5.14. The van der Waals surface area contributed by atoms with Crippen LogP contribution in [0.2, 0.25) is 5.02 Å². The molecular formula is C25H31ClFN5O2. The van der Waals surface area contributed by atoms with Gasteiger partial charge in [0.25, 0.3) is 0 Å². The highest BCUT2D eigenvalue weighted by Gasteiger charge is 2.35. The number of fused-ring (bicyclic) bond motifs is 1. The predicted molar refractivity (Wildman–Crippen MR) is 129 cm³/mol. The molecule has 34 heavy (non-hydrogen) atoms. The topological polar surface area (TPSA) is 81.6 Å². The highest BCUT2D eigenvalue weighted by atomic mass is 35.5. The summed E-state index contributed by atoms with van der Waals surface area (Å²) in [4.78, 5) is 26.4. The van der Waals surface area contributed by atoms with Crippen LogP contribution in [0.25, 0.3) is 0 Å². The number of piperazine rings is 1. The Balaban J connectivity index is 1.28. The van der Waals surface area contributed by atoms with Gasteiger partial charge in [-0.25, -0.2) is 14.4 Å². The number of benzene rings is 1. The Hall–Kier alpha value is -2.29. The zero-order valence-corrected chi connectivity index (χ0v) is 20.1. The van der Waals surface area contributed by atoms with Crippen molar-refractivity contribution in [3.05, 3.63) is 52.2 Å². The summed E-state index contributed by atoms with van der Waals surface area (Å²) in [5.41, 5.74) is 2.39. The summed E-state index contributed by atoms with van der Waals surface area (Å²) >= 11 is 5.88. The zero-order chi connectivity index (χ0) is 23.8. The van der Waals surface area contributed by atoms with Gasteiger partial charge in [-0.3, -0.25) is 4.79 Å². The summed E-state index contributed by atoms with van der Waals surface area (Å²) in [6, 6.07) is 4.66. The quantitative estimate of drug-likeness (QED) is 0.624. The number of anilines is 1. The van der Waals surface area contributed by atoms with Crippen LogP contribution in [-0.4, -0.2) is 65.2 Å². The summed E-state index contributed by atoms with van der Waals surface area (Å²) in [6.07, 6.45) is 4.09. The first-order valence-electron chi connectivity index (χ1n) is 12.1. The molecule has 2 N–H and O–H groups in total. The lowest BCUT2D eigenvalue weighted by molar-refractivity contribution is -0.133. The molecule has 1 amide bonds. The second kappa shape index (κ2) is 9.76. The summed E-state index contributed by atoms with van der Waals surface area (Å²) < 4.78 is 14.2. The number of aliphatic hydroxyl groups excluding tert-OH is 1. The second-order valence-electron chi connectivity index (χ2n) is 9.79. The van der Waals surface area contributed by atoms with Gasteiger partial charge in [-0.05, 0) is 55.3 Å². The molecule has 2 aliphatic carbocycles. The molecule has 1 unspecified atom stereocenters. The first kappa shape index (κ1) is 23.5. The van der Waals surface area contributed by atoms with Crippen LogP contribution in [0.4, 0.5) is 10.2 Å². The number of hydrogen-bond acceptors (Lipinski definition) is 6. The molecule has 1 aromatic carbocycles. The minimum absolute atomic E-state index is 0.00127.